The lowest BCUT2D eigenvalue weighted by molar-refractivity contribution is 0.0697. The van der Waals surface area contributed by atoms with Gasteiger partial charge in [0.05, 0.1) is 5.56 Å². The third-order valence-electron chi connectivity index (χ3n) is 4.04. The first-order valence-electron chi connectivity index (χ1n) is 7.85. The van der Waals surface area contributed by atoms with E-state index in [1.807, 2.05) is 24.3 Å². The van der Waals surface area contributed by atoms with Crippen molar-refractivity contribution in [3.8, 4) is 11.1 Å². The fraction of sp³-hybridized carbons (Fsp3) is 0.0476. The van der Waals surface area contributed by atoms with Crippen LogP contribution in [0.2, 0.25) is 0 Å². The number of aromatic carboxylic acids is 1. The van der Waals surface area contributed by atoms with E-state index in [2.05, 4.69) is 15.9 Å². The lowest BCUT2D eigenvalue weighted by atomic mass is 9.92. The largest absolute Gasteiger partial charge is 0.478 e. The van der Waals surface area contributed by atoms with Crippen molar-refractivity contribution in [2.75, 3.05) is 0 Å². The van der Waals surface area contributed by atoms with Crippen LogP contribution in [0, 0.1) is 5.82 Å². The lowest BCUT2D eigenvalue weighted by Crippen LogP contribution is -2.10. The summed E-state index contributed by atoms with van der Waals surface area (Å²) in [5.74, 6) is -1.78. The van der Waals surface area contributed by atoms with Crippen molar-refractivity contribution < 1.29 is 19.1 Å². The van der Waals surface area contributed by atoms with Crippen molar-refractivity contribution in [1.82, 2.24) is 0 Å². The molecule has 0 bridgehead atoms. The van der Waals surface area contributed by atoms with Gasteiger partial charge in [-0.1, -0.05) is 46.3 Å². The van der Waals surface area contributed by atoms with Crippen LogP contribution >= 0.6 is 15.9 Å². The van der Waals surface area contributed by atoms with Crippen LogP contribution in [-0.4, -0.2) is 16.9 Å². The van der Waals surface area contributed by atoms with Crippen molar-refractivity contribution >= 4 is 27.7 Å². The molecule has 0 saturated carbocycles. The van der Waals surface area contributed by atoms with Gasteiger partial charge in [0, 0.05) is 16.5 Å². The quantitative estimate of drug-likeness (QED) is 0.572. The van der Waals surface area contributed by atoms with E-state index in [-0.39, 0.29) is 17.8 Å². The van der Waals surface area contributed by atoms with Crippen LogP contribution in [0.15, 0.2) is 71.2 Å². The van der Waals surface area contributed by atoms with Crippen molar-refractivity contribution in [3.63, 3.8) is 0 Å². The Morgan fingerprint density at radius 2 is 1.58 bits per heavy atom. The van der Waals surface area contributed by atoms with Crippen molar-refractivity contribution in [3.05, 3.63) is 93.7 Å². The summed E-state index contributed by atoms with van der Waals surface area (Å²) in [6.45, 7) is 0. The van der Waals surface area contributed by atoms with Gasteiger partial charge in [0.25, 0.3) is 0 Å². The molecule has 0 aliphatic heterocycles. The van der Waals surface area contributed by atoms with Crippen LogP contribution in [0.3, 0.4) is 0 Å². The molecule has 0 atom stereocenters. The van der Waals surface area contributed by atoms with Crippen LogP contribution in [0.1, 0.15) is 26.3 Å². The van der Waals surface area contributed by atoms with E-state index in [1.54, 1.807) is 18.2 Å². The van der Waals surface area contributed by atoms with E-state index >= 15 is 0 Å². The first kappa shape index (κ1) is 18.0. The Bertz CT molecular complexity index is 964. The molecule has 0 saturated heterocycles. The SMILES string of the molecule is O=C(Cc1cccc(-c2ccc(Br)cc2)c1C(=O)O)c1ccc(F)cc1. The molecule has 5 heteroatoms. The number of carbonyl (C=O) groups is 2. The third kappa shape index (κ3) is 3.89. The number of carbonyl (C=O) groups excluding carboxylic acids is 1. The number of hydrogen-bond donors (Lipinski definition) is 1. The maximum absolute atomic E-state index is 13.0. The average Bonchev–Trinajstić information content (AvgIpc) is 2.62. The molecule has 0 fully saturated rings. The summed E-state index contributed by atoms with van der Waals surface area (Å²) in [6, 6.07) is 17.6. The van der Waals surface area contributed by atoms with Gasteiger partial charge in [0.1, 0.15) is 5.82 Å². The van der Waals surface area contributed by atoms with E-state index in [9.17, 15) is 19.1 Å². The third-order valence-corrected chi connectivity index (χ3v) is 4.57. The maximum atomic E-state index is 13.0. The minimum absolute atomic E-state index is 0.0718. The summed E-state index contributed by atoms with van der Waals surface area (Å²) in [6.07, 6.45) is -0.0718. The highest BCUT2D eigenvalue weighted by atomic mass is 79.9. The van der Waals surface area contributed by atoms with E-state index in [0.29, 0.717) is 16.7 Å². The first-order chi connectivity index (χ1) is 12.5. The number of ketones is 1. The van der Waals surface area contributed by atoms with Crippen molar-refractivity contribution in [2.45, 2.75) is 6.42 Å². The molecule has 26 heavy (non-hydrogen) atoms. The molecular weight excluding hydrogens is 399 g/mol. The Labute approximate surface area is 158 Å². The van der Waals surface area contributed by atoms with E-state index < -0.39 is 11.8 Å². The van der Waals surface area contributed by atoms with Crippen molar-refractivity contribution in [1.29, 1.82) is 0 Å². The van der Waals surface area contributed by atoms with Gasteiger partial charge in [-0.05, 0) is 53.1 Å². The van der Waals surface area contributed by atoms with E-state index in [0.717, 1.165) is 10.0 Å². The molecule has 0 unspecified atom stereocenters. The molecule has 130 valence electrons. The molecule has 0 aromatic heterocycles. The summed E-state index contributed by atoms with van der Waals surface area (Å²) in [7, 11) is 0. The predicted octanol–water partition coefficient (Wildman–Crippen LogP) is 5.38. The van der Waals surface area contributed by atoms with Crippen LogP contribution in [0.5, 0.6) is 0 Å². The molecule has 3 aromatic rings. The fourth-order valence-electron chi connectivity index (χ4n) is 2.78. The van der Waals surface area contributed by atoms with Crippen LogP contribution < -0.4 is 0 Å². The van der Waals surface area contributed by atoms with Crippen LogP contribution in [0.25, 0.3) is 11.1 Å². The Morgan fingerprint density at radius 1 is 0.923 bits per heavy atom. The Hall–Kier alpha value is -2.79. The summed E-state index contributed by atoms with van der Waals surface area (Å²) >= 11 is 3.36. The van der Waals surface area contributed by atoms with Gasteiger partial charge in [0.15, 0.2) is 5.78 Å². The number of hydrogen-bond acceptors (Lipinski definition) is 2. The Kier molecular flexibility index (Phi) is 5.28. The second-order valence-electron chi connectivity index (χ2n) is 5.76. The maximum Gasteiger partial charge on any atom is 0.336 e. The Balaban J connectivity index is 2.00. The number of carboxylic acid groups (broad SMARTS) is 1. The van der Waals surface area contributed by atoms with Gasteiger partial charge in [-0.3, -0.25) is 4.79 Å². The monoisotopic (exact) mass is 412 g/mol. The molecule has 0 amide bonds. The molecule has 0 heterocycles. The summed E-state index contributed by atoms with van der Waals surface area (Å²) in [5, 5.41) is 9.71. The fourth-order valence-corrected chi connectivity index (χ4v) is 3.05. The molecule has 0 radical (unpaired) electrons. The summed E-state index contributed by atoms with van der Waals surface area (Å²) in [5.41, 5.74) is 2.17. The van der Waals surface area contributed by atoms with Gasteiger partial charge in [-0.15, -0.1) is 0 Å². The number of benzene rings is 3. The standard InChI is InChI=1S/C21H14BrFO3/c22-16-8-4-13(5-9-16)18-3-1-2-15(20(18)21(25)26)12-19(24)14-6-10-17(23)11-7-14/h1-11H,12H2,(H,25,26). The molecular formula is C21H14BrFO3. The topological polar surface area (TPSA) is 54.4 Å². The van der Waals surface area contributed by atoms with Crippen LogP contribution in [-0.2, 0) is 6.42 Å². The zero-order chi connectivity index (χ0) is 18.7. The molecule has 1 N–H and O–H groups in total. The summed E-state index contributed by atoms with van der Waals surface area (Å²) < 4.78 is 13.9. The number of carboxylic acids is 1. The van der Waals surface area contributed by atoms with E-state index in [4.69, 9.17) is 0 Å². The number of rotatable bonds is 5. The second kappa shape index (κ2) is 7.62. The van der Waals surface area contributed by atoms with Crippen LogP contribution in [0.4, 0.5) is 4.39 Å². The van der Waals surface area contributed by atoms with Crippen molar-refractivity contribution in [2.24, 2.45) is 0 Å². The van der Waals surface area contributed by atoms with Gasteiger partial charge >= 0.3 is 5.97 Å². The average molecular weight is 413 g/mol. The smallest absolute Gasteiger partial charge is 0.336 e. The van der Waals surface area contributed by atoms with E-state index in [1.165, 1.54) is 24.3 Å². The first-order valence-corrected chi connectivity index (χ1v) is 8.65. The second-order valence-corrected chi connectivity index (χ2v) is 6.67. The molecule has 0 aliphatic carbocycles. The highest BCUT2D eigenvalue weighted by Crippen LogP contribution is 2.28. The molecule has 3 nitrogen and oxygen atoms in total. The number of halogens is 2. The molecule has 3 rings (SSSR count). The zero-order valence-corrected chi connectivity index (χ0v) is 15.2. The van der Waals surface area contributed by atoms with Gasteiger partial charge < -0.3 is 5.11 Å². The summed E-state index contributed by atoms with van der Waals surface area (Å²) in [4.78, 5) is 24.3. The van der Waals surface area contributed by atoms with Gasteiger partial charge in [-0.2, -0.15) is 0 Å². The molecule has 3 aromatic carbocycles. The Morgan fingerprint density at radius 3 is 2.19 bits per heavy atom. The lowest BCUT2D eigenvalue weighted by Gasteiger charge is -2.12. The predicted molar refractivity (Wildman–Crippen MR) is 101 cm³/mol. The zero-order valence-electron chi connectivity index (χ0n) is 13.6. The minimum atomic E-state index is -1.09. The highest BCUT2D eigenvalue weighted by Gasteiger charge is 2.19. The normalized spacial score (nSPS) is 10.5. The van der Waals surface area contributed by atoms with Gasteiger partial charge in [0.2, 0.25) is 0 Å². The number of Topliss-reactive ketones (excluding diaryl/α,β-unsaturated/α-hetero) is 1. The molecule has 0 aliphatic rings. The van der Waals surface area contributed by atoms with Gasteiger partial charge in [-0.25, -0.2) is 9.18 Å². The molecule has 0 spiro atoms. The minimum Gasteiger partial charge on any atom is -0.478 e. The highest BCUT2D eigenvalue weighted by molar-refractivity contribution is 9.10.